The zero-order valence-corrected chi connectivity index (χ0v) is 14.7. The predicted molar refractivity (Wildman–Crippen MR) is 93.9 cm³/mol. The molecule has 1 aromatic heterocycles. The molecule has 0 bridgehead atoms. The number of anilines is 1. The number of nitrogens with two attached hydrogens (primary N) is 1. The Hall–Kier alpha value is -2.94. The van der Waals surface area contributed by atoms with Gasteiger partial charge in [-0.1, -0.05) is 11.6 Å². The van der Waals surface area contributed by atoms with Crippen LogP contribution in [0.15, 0.2) is 29.6 Å². The van der Waals surface area contributed by atoms with E-state index in [9.17, 15) is 13.2 Å². The lowest BCUT2D eigenvalue weighted by Gasteiger charge is -2.19. The van der Waals surface area contributed by atoms with Gasteiger partial charge in [-0.05, 0) is 24.6 Å². The molecule has 4 N–H and O–H groups in total. The fourth-order valence-corrected chi connectivity index (χ4v) is 3.46. The van der Waals surface area contributed by atoms with E-state index in [-0.39, 0.29) is 34.3 Å². The van der Waals surface area contributed by atoms with Crippen molar-refractivity contribution in [1.82, 2.24) is 15.6 Å². The largest absolute Gasteiger partial charge is 0.463 e. The molecule has 0 saturated heterocycles. The number of hydrogen-bond donors (Lipinski definition) is 3. The predicted octanol–water partition coefficient (Wildman–Crippen LogP) is 2.01. The maximum Gasteiger partial charge on any atom is 0.418 e. The van der Waals surface area contributed by atoms with Gasteiger partial charge in [0, 0.05) is 11.8 Å². The van der Waals surface area contributed by atoms with E-state index in [1.807, 2.05) is 0 Å². The van der Waals surface area contributed by atoms with Gasteiger partial charge in [-0.2, -0.15) is 13.2 Å². The number of alkyl halides is 3. The Kier molecular flexibility index (Phi) is 3.92. The number of aromatic nitrogens is 1. The van der Waals surface area contributed by atoms with E-state index in [0.29, 0.717) is 22.1 Å². The number of nitrogens with one attached hydrogen (secondary N) is 2. The summed E-state index contributed by atoms with van der Waals surface area (Å²) in [6.45, 7) is 1.54. The average Bonchev–Trinajstić information content (AvgIpc) is 2.79. The van der Waals surface area contributed by atoms with Crippen LogP contribution in [0.5, 0.6) is 5.75 Å². The lowest BCUT2D eigenvalue weighted by molar-refractivity contribution is -0.137. The van der Waals surface area contributed by atoms with Crippen LogP contribution in [0.2, 0.25) is 5.02 Å². The number of aryl methyl sites for hydroxylation is 1. The molecule has 0 aliphatic carbocycles. The number of nitrogen functional groups attached to an aromatic ring is 1. The summed E-state index contributed by atoms with van der Waals surface area (Å²) in [4.78, 5) is 8.23. The monoisotopic (exact) mass is 395 g/mol. The first-order chi connectivity index (χ1) is 12.8. The quantitative estimate of drug-likeness (QED) is 0.688. The van der Waals surface area contributed by atoms with Gasteiger partial charge in [0.15, 0.2) is 0 Å². The minimum absolute atomic E-state index is 0.0384. The average molecular weight is 396 g/mol. The molecule has 6 nitrogen and oxygen atoms in total. The van der Waals surface area contributed by atoms with E-state index >= 15 is 0 Å². The molecule has 0 atom stereocenters. The molecular formula is C17H13ClF3N5O. The van der Waals surface area contributed by atoms with Crippen LogP contribution in [0.25, 0.3) is 17.1 Å². The van der Waals surface area contributed by atoms with Gasteiger partial charge in [-0.3, -0.25) is 4.99 Å². The van der Waals surface area contributed by atoms with Gasteiger partial charge < -0.3 is 21.1 Å². The van der Waals surface area contributed by atoms with Crippen molar-refractivity contribution in [2.45, 2.75) is 13.1 Å². The Labute approximate surface area is 156 Å². The maximum atomic E-state index is 13.7. The van der Waals surface area contributed by atoms with Gasteiger partial charge in [0.1, 0.15) is 30.3 Å². The van der Waals surface area contributed by atoms with Gasteiger partial charge >= 0.3 is 6.18 Å². The SMILES string of the molecule is Cc1cc(N)nc(-c2cc3c4c(c2Cl)=NCNC=4NC=CO3)c1C(F)(F)F. The van der Waals surface area contributed by atoms with Crippen molar-refractivity contribution in [2.75, 3.05) is 12.4 Å². The van der Waals surface area contributed by atoms with Crippen molar-refractivity contribution >= 4 is 23.2 Å². The second kappa shape index (κ2) is 6.05. The minimum Gasteiger partial charge on any atom is -0.463 e. The molecule has 3 heterocycles. The smallest absolute Gasteiger partial charge is 0.418 e. The molecule has 0 radical (unpaired) electrons. The highest BCUT2D eigenvalue weighted by atomic mass is 35.5. The number of benzene rings is 1. The van der Waals surface area contributed by atoms with E-state index in [1.54, 1.807) is 6.20 Å². The van der Waals surface area contributed by atoms with E-state index in [2.05, 4.69) is 20.6 Å². The van der Waals surface area contributed by atoms with Crippen molar-refractivity contribution < 1.29 is 17.9 Å². The molecule has 0 amide bonds. The van der Waals surface area contributed by atoms with Crippen molar-refractivity contribution in [1.29, 1.82) is 0 Å². The fraction of sp³-hybridized carbons (Fsp3) is 0.176. The van der Waals surface area contributed by atoms with Crippen LogP contribution in [0.4, 0.5) is 19.0 Å². The van der Waals surface area contributed by atoms with E-state index in [1.165, 1.54) is 25.3 Å². The lowest BCUT2D eigenvalue weighted by atomic mass is 9.99. The lowest BCUT2D eigenvalue weighted by Crippen LogP contribution is -2.42. The maximum absolute atomic E-state index is 13.7. The molecule has 0 fully saturated rings. The Balaban J connectivity index is 2.12. The van der Waals surface area contributed by atoms with Crippen LogP contribution in [-0.4, -0.2) is 11.7 Å². The normalized spacial score (nSPS) is 15.1. The van der Waals surface area contributed by atoms with Crippen LogP contribution in [0.3, 0.4) is 0 Å². The Morgan fingerprint density at radius 2 is 2.07 bits per heavy atom. The third-order valence-electron chi connectivity index (χ3n) is 4.21. The highest BCUT2D eigenvalue weighted by molar-refractivity contribution is 6.33. The first-order valence-corrected chi connectivity index (χ1v) is 8.23. The first kappa shape index (κ1) is 17.5. The number of ether oxygens (including phenoxy) is 1. The van der Waals surface area contributed by atoms with Crippen LogP contribution in [0, 0.1) is 6.92 Å². The molecule has 140 valence electrons. The summed E-state index contributed by atoms with van der Waals surface area (Å²) in [7, 11) is 0. The second-order valence-electron chi connectivity index (χ2n) is 5.98. The summed E-state index contributed by atoms with van der Waals surface area (Å²) in [5.74, 6) is 0.861. The van der Waals surface area contributed by atoms with Gasteiger partial charge in [-0.15, -0.1) is 0 Å². The van der Waals surface area contributed by atoms with Crippen molar-refractivity contribution in [3.63, 3.8) is 0 Å². The zero-order chi connectivity index (χ0) is 19.3. The first-order valence-electron chi connectivity index (χ1n) is 7.85. The Morgan fingerprint density at radius 1 is 1.30 bits per heavy atom. The van der Waals surface area contributed by atoms with Crippen LogP contribution in [0.1, 0.15) is 11.1 Å². The summed E-state index contributed by atoms with van der Waals surface area (Å²) >= 11 is 6.47. The Morgan fingerprint density at radius 3 is 2.81 bits per heavy atom. The Bertz CT molecular complexity index is 1110. The van der Waals surface area contributed by atoms with E-state index in [4.69, 9.17) is 22.1 Å². The highest BCUT2D eigenvalue weighted by Crippen LogP contribution is 2.40. The van der Waals surface area contributed by atoms with Crippen molar-refractivity contribution in [3.05, 3.63) is 51.3 Å². The summed E-state index contributed by atoms with van der Waals surface area (Å²) in [6.07, 6.45) is -1.70. The topological polar surface area (TPSA) is 84.6 Å². The molecule has 2 aliphatic heterocycles. The molecule has 0 unspecified atom stereocenters. The minimum atomic E-state index is -4.63. The summed E-state index contributed by atoms with van der Waals surface area (Å²) in [6, 6.07) is 2.59. The molecule has 0 saturated carbocycles. The number of pyridine rings is 1. The number of rotatable bonds is 1. The van der Waals surface area contributed by atoms with Crippen LogP contribution >= 0.6 is 11.6 Å². The zero-order valence-electron chi connectivity index (χ0n) is 13.9. The standard InChI is InChI=1S/C17H13ClF3N5O/c1-7-4-10(22)26-14(12(7)17(19,20)21)8-5-9-11-15(13(8)18)24-6-25-16(11)23-2-3-27-9/h2-5,23,25H,6H2,1H3,(H2,22,26). The molecular weight excluding hydrogens is 383 g/mol. The second-order valence-corrected chi connectivity index (χ2v) is 6.36. The van der Waals surface area contributed by atoms with Gasteiger partial charge in [0.25, 0.3) is 0 Å². The molecule has 2 aromatic rings. The van der Waals surface area contributed by atoms with Crippen LogP contribution < -0.4 is 31.7 Å². The highest BCUT2D eigenvalue weighted by Gasteiger charge is 2.37. The van der Waals surface area contributed by atoms with Crippen LogP contribution in [-0.2, 0) is 6.18 Å². The number of nitrogens with zero attached hydrogens (tertiary/aromatic N) is 2. The van der Waals surface area contributed by atoms with Crippen molar-refractivity contribution in [2.24, 2.45) is 4.99 Å². The number of hydrogen-bond acceptors (Lipinski definition) is 6. The fourth-order valence-electron chi connectivity index (χ4n) is 3.16. The number of halogens is 4. The van der Waals surface area contributed by atoms with E-state index in [0.717, 1.165) is 0 Å². The van der Waals surface area contributed by atoms with Gasteiger partial charge in [0.2, 0.25) is 0 Å². The third kappa shape index (κ3) is 2.84. The van der Waals surface area contributed by atoms with Gasteiger partial charge in [0.05, 0.1) is 26.9 Å². The van der Waals surface area contributed by atoms with Gasteiger partial charge in [-0.25, -0.2) is 4.98 Å². The molecule has 10 heteroatoms. The van der Waals surface area contributed by atoms with Crippen molar-refractivity contribution in [3.8, 4) is 17.0 Å². The summed E-state index contributed by atoms with van der Waals surface area (Å²) in [5.41, 5.74) is 4.47. The molecule has 0 spiro atoms. The molecule has 4 rings (SSSR count). The molecule has 1 aromatic carbocycles. The third-order valence-corrected chi connectivity index (χ3v) is 4.59. The molecule has 27 heavy (non-hydrogen) atoms. The van der Waals surface area contributed by atoms with E-state index < -0.39 is 11.7 Å². The summed E-state index contributed by atoms with van der Waals surface area (Å²) < 4.78 is 46.6. The molecule has 2 aliphatic rings. The summed E-state index contributed by atoms with van der Waals surface area (Å²) in [5, 5.41) is 6.92.